The van der Waals surface area contributed by atoms with E-state index < -0.39 is 10.8 Å². The molecule has 0 aromatic rings. The number of hydrogen-bond donors (Lipinski definition) is 1. The summed E-state index contributed by atoms with van der Waals surface area (Å²) in [5, 5.41) is 0.105. The molecule has 0 saturated carbocycles. The van der Waals surface area contributed by atoms with Crippen LogP contribution in [-0.2, 0) is 15.5 Å². The first kappa shape index (κ1) is 10.1. The Balaban J connectivity index is 3.49. The summed E-state index contributed by atoms with van der Waals surface area (Å²) >= 11 is 0. The Morgan fingerprint density at radius 1 is 1.70 bits per heavy atom. The Bertz CT molecular complexity index is 108. The molecule has 0 heterocycles. The second-order valence-corrected chi connectivity index (χ2v) is 4.11. The van der Waals surface area contributed by atoms with E-state index in [9.17, 15) is 4.21 Å². The molecule has 0 spiro atoms. The van der Waals surface area contributed by atoms with Crippen LogP contribution in [0.2, 0.25) is 0 Å². The SMILES string of the molecule is COCC(C)S(=O)CCN. The topological polar surface area (TPSA) is 52.3 Å². The molecule has 2 N–H and O–H groups in total. The standard InChI is InChI=1S/C6H15NO2S/c1-6(5-9-2)10(8)4-3-7/h6H,3-5,7H2,1-2H3. The van der Waals surface area contributed by atoms with Gasteiger partial charge in [-0.1, -0.05) is 0 Å². The number of rotatable bonds is 5. The Morgan fingerprint density at radius 3 is 2.70 bits per heavy atom. The van der Waals surface area contributed by atoms with Gasteiger partial charge < -0.3 is 10.5 Å². The normalized spacial score (nSPS) is 16.7. The lowest BCUT2D eigenvalue weighted by Gasteiger charge is -2.08. The summed E-state index contributed by atoms with van der Waals surface area (Å²) < 4.78 is 15.9. The van der Waals surface area contributed by atoms with E-state index in [1.165, 1.54) is 0 Å². The maximum atomic E-state index is 11.1. The summed E-state index contributed by atoms with van der Waals surface area (Å²) in [5.41, 5.74) is 5.23. The van der Waals surface area contributed by atoms with Crippen molar-refractivity contribution in [3.63, 3.8) is 0 Å². The van der Waals surface area contributed by atoms with Crippen molar-refractivity contribution in [1.29, 1.82) is 0 Å². The van der Waals surface area contributed by atoms with Crippen LogP contribution in [-0.4, -0.2) is 35.5 Å². The Kier molecular flexibility index (Phi) is 5.87. The highest BCUT2D eigenvalue weighted by Crippen LogP contribution is 1.94. The van der Waals surface area contributed by atoms with Gasteiger partial charge in [-0.2, -0.15) is 0 Å². The first-order chi connectivity index (χ1) is 4.72. The van der Waals surface area contributed by atoms with Crippen LogP contribution in [0.1, 0.15) is 6.92 Å². The zero-order chi connectivity index (χ0) is 7.98. The zero-order valence-corrected chi connectivity index (χ0v) is 7.32. The van der Waals surface area contributed by atoms with E-state index >= 15 is 0 Å². The Morgan fingerprint density at radius 2 is 2.30 bits per heavy atom. The van der Waals surface area contributed by atoms with Gasteiger partial charge >= 0.3 is 0 Å². The highest BCUT2D eigenvalue weighted by atomic mass is 32.2. The van der Waals surface area contributed by atoms with Gasteiger partial charge in [0.2, 0.25) is 0 Å². The molecular formula is C6H15NO2S. The van der Waals surface area contributed by atoms with Gasteiger partial charge in [0, 0.05) is 30.2 Å². The van der Waals surface area contributed by atoms with Crippen LogP contribution in [0.4, 0.5) is 0 Å². The summed E-state index contributed by atoms with van der Waals surface area (Å²) in [4.78, 5) is 0. The minimum Gasteiger partial charge on any atom is -0.383 e. The van der Waals surface area contributed by atoms with Gasteiger partial charge in [0.25, 0.3) is 0 Å². The monoisotopic (exact) mass is 165 g/mol. The van der Waals surface area contributed by atoms with Crippen LogP contribution in [0, 0.1) is 0 Å². The number of ether oxygens (including phenoxy) is 1. The number of nitrogens with two attached hydrogens (primary N) is 1. The van der Waals surface area contributed by atoms with Gasteiger partial charge in [-0.25, -0.2) is 0 Å². The lowest BCUT2D eigenvalue weighted by atomic mass is 10.5. The van der Waals surface area contributed by atoms with E-state index in [1.807, 2.05) is 6.92 Å². The van der Waals surface area contributed by atoms with Crippen molar-refractivity contribution >= 4 is 10.8 Å². The molecule has 0 aliphatic carbocycles. The van der Waals surface area contributed by atoms with Gasteiger partial charge in [-0.05, 0) is 6.92 Å². The first-order valence-corrected chi connectivity index (χ1v) is 4.66. The van der Waals surface area contributed by atoms with Gasteiger partial charge in [-0.3, -0.25) is 4.21 Å². The average molecular weight is 165 g/mol. The molecule has 0 rings (SSSR count). The maximum absolute atomic E-state index is 11.1. The predicted molar refractivity (Wildman–Crippen MR) is 43.4 cm³/mol. The fourth-order valence-electron chi connectivity index (χ4n) is 0.628. The van der Waals surface area contributed by atoms with Crippen LogP contribution in [0.25, 0.3) is 0 Å². The van der Waals surface area contributed by atoms with Crippen molar-refractivity contribution in [2.45, 2.75) is 12.2 Å². The van der Waals surface area contributed by atoms with Crippen molar-refractivity contribution in [2.24, 2.45) is 5.73 Å². The van der Waals surface area contributed by atoms with Crippen molar-refractivity contribution in [2.75, 3.05) is 26.0 Å². The molecule has 4 heteroatoms. The Labute approximate surface area is 64.4 Å². The van der Waals surface area contributed by atoms with E-state index in [0.29, 0.717) is 18.9 Å². The van der Waals surface area contributed by atoms with Gasteiger partial charge in [-0.15, -0.1) is 0 Å². The molecule has 0 fully saturated rings. The zero-order valence-electron chi connectivity index (χ0n) is 6.50. The lowest BCUT2D eigenvalue weighted by molar-refractivity contribution is 0.202. The van der Waals surface area contributed by atoms with Crippen molar-refractivity contribution in [3.05, 3.63) is 0 Å². The third kappa shape index (κ3) is 3.98. The van der Waals surface area contributed by atoms with Crippen LogP contribution in [0.15, 0.2) is 0 Å². The number of methoxy groups -OCH3 is 1. The van der Waals surface area contributed by atoms with Crippen molar-refractivity contribution in [1.82, 2.24) is 0 Å². The molecule has 0 saturated heterocycles. The van der Waals surface area contributed by atoms with Gasteiger partial charge in [0.05, 0.1) is 11.9 Å². The van der Waals surface area contributed by atoms with Crippen molar-refractivity contribution < 1.29 is 8.95 Å². The summed E-state index contributed by atoms with van der Waals surface area (Å²) in [6.45, 7) is 2.93. The van der Waals surface area contributed by atoms with E-state index in [1.54, 1.807) is 7.11 Å². The molecule has 0 aliphatic rings. The molecule has 2 unspecified atom stereocenters. The predicted octanol–water partition coefficient (Wildman–Crippen LogP) is -0.271. The van der Waals surface area contributed by atoms with E-state index in [2.05, 4.69) is 0 Å². The van der Waals surface area contributed by atoms with Crippen LogP contribution in [0.3, 0.4) is 0 Å². The lowest BCUT2D eigenvalue weighted by Crippen LogP contribution is -2.23. The fraction of sp³-hybridized carbons (Fsp3) is 1.00. The second-order valence-electron chi connectivity index (χ2n) is 2.14. The molecular weight excluding hydrogens is 150 g/mol. The molecule has 10 heavy (non-hydrogen) atoms. The van der Waals surface area contributed by atoms with Crippen LogP contribution in [0.5, 0.6) is 0 Å². The fourth-order valence-corrected chi connectivity index (χ4v) is 1.55. The van der Waals surface area contributed by atoms with Crippen LogP contribution >= 0.6 is 0 Å². The van der Waals surface area contributed by atoms with Crippen LogP contribution < -0.4 is 5.73 Å². The third-order valence-corrected chi connectivity index (χ3v) is 2.84. The quantitative estimate of drug-likeness (QED) is 0.610. The highest BCUT2D eigenvalue weighted by molar-refractivity contribution is 7.85. The summed E-state index contributed by atoms with van der Waals surface area (Å²) in [6.07, 6.45) is 0. The maximum Gasteiger partial charge on any atom is 0.0603 e. The summed E-state index contributed by atoms with van der Waals surface area (Å²) in [7, 11) is 0.793. The van der Waals surface area contributed by atoms with Crippen molar-refractivity contribution in [3.8, 4) is 0 Å². The summed E-state index contributed by atoms with van der Waals surface area (Å²) in [5.74, 6) is 0.574. The molecule has 0 radical (unpaired) electrons. The van der Waals surface area contributed by atoms with E-state index in [-0.39, 0.29) is 5.25 Å². The minimum atomic E-state index is -0.815. The molecule has 0 amide bonds. The molecule has 2 atom stereocenters. The molecule has 0 aromatic carbocycles. The number of hydrogen-bond acceptors (Lipinski definition) is 3. The average Bonchev–Trinajstić information content (AvgIpc) is 1.89. The largest absolute Gasteiger partial charge is 0.383 e. The third-order valence-electron chi connectivity index (χ3n) is 1.17. The molecule has 0 aromatic heterocycles. The minimum absolute atomic E-state index is 0.105. The van der Waals surface area contributed by atoms with Gasteiger partial charge in [0.1, 0.15) is 0 Å². The molecule has 0 aliphatic heterocycles. The smallest absolute Gasteiger partial charge is 0.0603 e. The first-order valence-electron chi connectivity index (χ1n) is 3.28. The molecule has 62 valence electrons. The highest BCUT2D eigenvalue weighted by Gasteiger charge is 2.08. The second kappa shape index (κ2) is 5.82. The van der Waals surface area contributed by atoms with E-state index in [4.69, 9.17) is 10.5 Å². The summed E-state index contributed by atoms with van der Waals surface area (Å²) in [6, 6.07) is 0. The van der Waals surface area contributed by atoms with Gasteiger partial charge in [0.15, 0.2) is 0 Å². The molecule has 0 bridgehead atoms. The molecule has 3 nitrogen and oxygen atoms in total. The van der Waals surface area contributed by atoms with E-state index in [0.717, 1.165) is 0 Å². The Hall–Kier alpha value is 0.0700.